The average Bonchev–Trinajstić information content (AvgIpc) is 3.38. The molecule has 0 fully saturated rings. The number of rotatable bonds is 2. The number of aromatic nitrogens is 1. The largest absolute Gasteiger partial charge is 0.360 e. The number of thiophene rings is 1. The van der Waals surface area contributed by atoms with Crippen molar-refractivity contribution >= 4 is 42.4 Å². The van der Waals surface area contributed by atoms with Crippen LogP contribution in [0.1, 0.15) is 0 Å². The van der Waals surface area contributed by atoms with E-state index in [1.165, 1.54) is 53.3 Å². The van der Waals surface area contributed by atoms with Gasteiger partial charge >= 0.3 is 0 Å². The molecule has 2 heteroatoms. The Hall–Kier alpha value is -3.36. The van der Waals surface area contributed by atoms with Crippen molar-refractivity contribution < 1.29 is 0 Å². The van der Waals surface area contributed by atoms with Crippen LogP contribution in [0.3, 0.4) is 0 Å². The fraction of sp³-hybridized carbons (Fsp3) is 0. The van der Waals surface area contributed by atoms with Gasteiger partial charge in [-0.05, 0) is 34.4 Å². The van der Waals surface area contributed by atoms with Gasteiger partial charge in [-0.3, -0.25) is 0 Å². The summed E-state index contributed by atoms with van der Waals surface area (Å²) in [6, 6.07) is 32.7. The predicted octanol–water partition coefficient (Wildman–Crippen LogP) is 7.87. The smallest absolute Gasteiger partial charge is 0.0635 e. The van der Waals surface area contributed by atoms with E-state index in [2.05, 4.69) is 96.0 Å². The molecular formula is C26H17NS. The highest BCUT2D eigenvalue weighted by atomic mass is 32.1. The maximum absolute atomic E-state index is 3.42. The summed E-state index contributed by atoms with van der Waals surface area (Å²) in [7, 11) is 0. The Labute approximate surface area is 166 Å². The molecule has 0 saturated carbocycles. The summed E-state index contributed by atoms with van der Waals surface area (Å²) in [6.07, 6.45) is 2.03. The van der Waals surface area contributed by atoms with Gasteiger partial charge in [-0.25, -0.2) is 0 Å². The highest BCUT2D eigenvalue weighted by Crippen LogP contribution is 2.42. The number of hydrogen-bond donors (Lipinski definition) is 1. The molecule has 6 aromatic rings. The van der Waals surface area contributed by atoms with Gasteiger partial charge in [0.25, 0.3) is 0 Å². The molecule has 0 saturated heterocycles. The third-order valence-corrected chi connectivity index (χ3v) is 6.74. The van der Waals surface area contributed by atoms with E-state index in [1.807, 2.05) is 17.5 Å². The lowest BCUT2D eigenvalue weighted by molar-refractivity contribution is 1.50. The molecule has 0 spiro atoms. The number of hydrogen-bond acceptors (Lipinski definition) is 1. The molecule has 0 bridgehead atoms. The van der Waals surface area contributed by atoms with Crippen molar-refractivity contribution in [1.82, 2.24) is 4.98 Å². The van der Waals surface area contributed by atoms with Gasteiger partial charge in [0.05, 0.1) is 10.2 Å². The number of fused-ring (bicyclic) bond motifs is 5. The van der Waals surface area contributed by atoms with Crippen LogP contribution in [0.2, 0.25) is 0 Å². The molecule has 0 unspecified atom stereocenters. The van der Waals surface area contributed by atoms with Crippen LogP contribution in [0.4, 0.5) is 0 Å². The quantitative estimate of drug-likeness (QED) is 0.317. The van der Waals surface area contributed by atoms with Gasteiger partial charge in [-0.2, -0.15) is 0 Å². The Balaban J connectivity index is 1.62. The first kappa shape index (κ1) is 15.7. The zero-order chi connectivity index (χ0) is 18.5. The summed E-state index contributed by atoms with van der Waals surface area (Å²) in [5.74, 6) is 0. The van der Waals surface area contributed by atoms with Crippen molar-refractivity contribution in [2.75, 3.05) is 0 Å². The molecule has 1 nitrogen and oxygen atoms in total. The van der Waals surface area contributed by atoms with E-state index < -0.39 is 0 Å². The van der Waals surface area contributed by atoms with E-state index in [0.29, 0.717) is 0 Å². The Bertz CT molecular complexity index is 1450. The van der Waals surface area contributed by atoms with E-state index in [4.69, 9.17) is 0 Å². The lowest BCUT2D eigenvalue weighted by atomic mass is 9.98. The third kappa shape index (κ3) is 2.32. The van der Waals surface area contributed by atoms with Crippen LogP contribution in [-0.4, -0.2) is 4.98 Å². The molecule has 2 aromatic heterocycles. The molecule has 0 atom stereocenters. The lowest BCUT2D eigenvalue weighted by Crippen LogP contribution is -1.81. The topological polar surface area (TPSA) is 15.8 Å². The number of benzene rings is 4. The van der Waals surface area contributed by atoms with Crippen LogP contribution in [0.5, 0.6) is 0 Å². The minimum absolute atomic E-state index is 1.24. The van der Waals surface area contributed by atoms with Gasteiger partial charge in [-0.1, -0.05) is 78.9 Å². The second-order valence-corrected chi connectivity index (χ2v) is 8.14. The Kier molecular flexibility index (Phi) is 3.40. The average molecular weight is 375 g/mol. The van der Waals surface area contributed by atoms with Gasteiger partial charge in [0, 0.05) is 27.1 Å². The zero-order valence-electron chi connectivity index (χ0n) is 15.1. The van der Waals surface area contributed by atoms with E-state index in [9.17, 15) is 0 Å². The van der Waals surface area contributed by atoms with Gasteiger partial charge < -0.3 is 4.98 Å². The van der Waals surface area contributed by atoms with Crippen molar-refractivity contribution in [3.63, 3.8) is 0 Å². The third-order valence-electron chi connectivity index (χ3n) is 5.47. The lowest BCUT2D eigenvalue weighted by Gasteiger charge is -2.07. The van der Waals surface area contributed by atoms with Crippen LogP contribution in [0.25, 0.3) is 53.3 Å². The summed E-state index contributed by atoms with van der Waals surface area (Å²) in [4.78, 5) is 3.42. The Morgan fingerprint density at radius 2 is 1.36 bits per heavy atom. The molecule has 28 heavy (non-hydrogen) atoms. The minimum Gasteiger partial charge on any atom is -0.360 e. The maximum Gasteiger partial charge on any atom is 0.0635 e. The molecule has 0 aliphatic heterocycles. The van der Waals surface area contributed by atoms with Crippen LogP contribution in [-0.2, 0) is 0 Å². The zero-order valence-corrected chi connectivity index (χ0v) is 16.0. The molecular weight excluding hydrogens is 358 g/mol. The SMILES string of the molecule is c1ccc(-c2cccc(-c3cccc4c3sc3c4ccc4cc[nH]c43)c2)cc1. The van der Waals surface area contributed by atoms with E-state index in [-0.39, 0.29) is 0 Å². The fourth-order valence-electron chi connectivity index (χ4n) is 4.10. The van der Waals surface area contributed by atoms with Gasteiger partial charge in [0.2, 0.25) is 0 Å². The van der Waals surface area contributed by atoms with Crippen molar-refractivity contribution in [1.29, 1.82) is 0 Å². The highest BCUT2D eigenvalue weighted by molar-refractivity contribution is 7.27. The Morgan fingerprint density at radius 1 is 0.571 bits per heavy atom. The second-order valence-electron chi connectivity index (χ2n) is 7.12. The highest BCUT2D eigenvalue weighted by Gasteiger charge is 2.13. The summed E-state index contributed by atoms with van der Waals surface area (Å²) < 4.78 is 2.69. The summed E-state index contributed by atoms with van der Waals surface area (Å²) in [5.41, 5.74) is 6.31. The second kappa shape index (κ2) is 6.08. The van der Waals surface area contributed by atoms with Crippen LogP contribution < -0.4 is 0 Å². The van der Waals surface area contributed by atoms with Crippen LogP contribution in [0, 0.1) is 0 Å². The predicted molar refractivity (Wildman–Crippen MR) is 122 cm³/mol. The van der Waals surface area contributed by atoms with E-state index in [1.54, 1.807) is 0 Å². The van der Waals surface area contributed by atoms with Crippen molar-refractivity contribution in [2.45, 2.75) is 0 Å². The van der Waals surface area contributed by atoms with Crippen molar-refractivity contribution in [3.8, 4) is 22.3 Å². The first-order valence-electron chi connectivity index (χ1n) is 9.46. The van der Waals surface area contributed by atoms with Gasteiger partial charge in [0.1, 0.15) is 0 Å². The summed E-state index contributed by atoms with van der Waals surface area (Å²) in [6.45, 7) is 0. The molecule has 0 aliphatic carbocycles. The first-order chi connectivity index (χ1) is 13.9. The minimum atomic E-state index is 1.24. The molecule has 4 aromatic carbocycles. The summed E-state index contributed by atoms with van der Waals surface area (Å²) in [5, 5.41) is 3.93. The normalized spacial score (nSPS) is 11.6. The maximum atomic E-state index is 3.42. The monoisotopic (exact) mass is 375 g/mol. The molecule has 1 N–H and O–H groups in total. The molecule has 132 valence electrons. The standard InChI is InChI=1S/C26H17NS/c1-2-6-17(7-3-1)19-8-4-9-20(16-19)21-10-5-11-22-23-13-12-18-14-15-27-24(18)26(23)28-25(21)22/h1-16,27H. The molecule has 6 rings (SSSR count). The van der Waals surface area contributed by atoms with E-state index in [0.717, 1.165) is 0 Å². The van der Waals surface area contributed by atoms with Crippen molar-refractivity contribution in [2.24, 2.45) is 0 Å². The van der Waals surface area contributed by atoms with Gasteiger partial charge in [0.15, 0.2) is 0 Å². The molecule has 0 radical (unpaired) electrons. The van der Waals surface area contributed by atoms with Crippen LogP contribution >= 0.6 is 11.3 Å². The summed E-state index contributed by atoms with van der Waals surface area (Å²) >= 11 is 1.89. The molecule has 0 aliphatic rings. The fourth-order valence-corrected chi connectivity index (χ4v) is 5.46. The number of nitrogens with one attached hydrogen (secondary N) is 1. The number of H-pyrrole nitrogens is 1. The van der Waals surface area contributed by atoms with Crippen LogP contribution in [0.15, 0.2) is 97.2 Å². The molecule has 0 amide bonds. The first-order valence-corrected chi connectivity index (χ1v) is 10.3. The van der Waals surface area contributed by atoms with Crippen molar-refractivity contribution in [3.05, 3.63) is 97.2 Å². The Morgan fingerprint density at radius 3 is 2.29 bits per heavy atom. The van der Waals surface area contributed by atoms with Gasteiger partial charge in [-0.15, -0.1) is 11.3 Å². The van der Waals surface area contributed by atoms with E-state index >= 15 is 0 Å². The molecule has 2 heterocycles. The number of aromatic amines is 1.